The number of aromatic nitrogens is 1. The van der Waals surface area contributed by atoms with Crippen LogP contribution in [0.2, 0.25) is 0 Å². The van der Waals surface area contributed by atoms with E-state index in [0.717, 1.165) is 23.3 Å². The van der Waals surface area contributed by atoms with Crippen LogP contribution >= 0.6 is 27.5 Å². The van der Waals surface area contributed by atoms with E-state index in [1.54, 1.807) is 6.20 Å². The Hall–Kier alpha value is -0.280. The summed E-state index contributed by atoms with van der Waals surface area (Å²) in [5, 5.41) is 3.68. The van der Waals surface area contributed by atoms with Gasteiger partial charge in [0.1, 0.15) is 5.82 Å². The molecule has 1 heterocycles. The van der Waals surface area contributed by atoms with Gasteiger partial charge >= 0.3 is 0 Å². The lowest BCUT2D eigenvalue weighted by molar-refractivity contribution is 0.585. The van der Waals surface area contributed by atoms with Gasteiger partial charge in [-0.2, -0.15) is 0 Å². The van der Waals surface area contributed by atoms with Gasteiger partial charge in [-0.1, -0.05) is 6.42 Å². The van der Waals surface area contributed by atoms with E-state index in [1.165, 1.54) is 12.8 Å². The van der Waals surface area contributed by atoms with Crippen LogP contribution in [0.5, 0.6) is 0 Å². The summed E-state index contributed by atoms with van der Waals surface area (Å²) in [6.45, 7) is 0.920. The summed E-state index contributed by atoms with van der Waals surface area (Å²) in [7, 11) is 0. The number of nitrogens with one attached hydrogen (secondary N) is 1. The summed E-state index contributed by atoms with van der Waals surface area (Å²) in [5.41, 5.74) is 0. The largest absolute Gasteiger partial charge is 0.369 e. The molecule has 0 amide bonds. The standard InChI is InChI=1S/C11H14BrClN2/c12-9-4-2-6-14-11(9)15-7-8-3-1-5-10(8)13/h2,4,6,8,10H,1,3,5,7H2,(H,14,15). The highest BCUT2D eigenvalue weighted by Crippen LogP contribution is 2.30. The number of nitrogens with zero attached hydrogens (tertiary/aromatic N) is 1. The number of hydrogen-bond donors (Lipinski definition) is 1. The zero-order valence-corrected chi connectivity index (χ0v) is 10.8. The molecule has 0 spiro atoms. The molecule has 0 aromatic carbocycles. The van der Waals surface area contributed by atoms with E-state index in [2.05, 4.69) is 26.2 Å². The molecule has 2 nitrogen and oxygen atoms in total. The highest BCUT2D eigenvalue weighted by atomic mass is 79.9. The summed E-state index contributed by atoms with van der Waals surface area (Å²) < 4.78 is 1.01. The van der Waals surface area contributed by atoms with Gasteiger partial charge in [0.2, 0.25) is 0 Å². The second-order valence-electron chi connectivity index (χ2n) is 3.92. The molecular formula is C11H14BrClN2. The van der Waals surface area contributed by atoms with E-state index in [4.69, 9.17) is 11.6 Å². The lowest BCUT2D eigenvalue weighted by Gasteiger charge is -2.15. The molecule has 1 aromatic heterocycles. The van der Waals surface area contributed by atoms with Crippen molar-refractivity contribution in [2.45, 2.75) is 24.6 Å². The molecule has 2 atom stereocenters. The van der Waals surface area contributed by atoms with Crippen LogP contribution in [-0.2, 0) is 0 Å². The number of rotatable bonds is 3. The Morgan fingerprint density at radius 2 is 2.40 bits per heavy atom. The zero-order chi connectivity index (χ0) is 10.7. The minimum Gasteiger partial charge on any atom is -0.369 e. The molecule has 1 aliphatic rings. The topological polar surface area (TPSA) is 24.9 Å². The Balaban J connectivity index is 1.90. The average molecular weight is 290 g/mol. The van der Waals surface area contributed by atoms with Crippen molar-refractivity contribution < 1.29 is 0 Å². The minimum absolute atomic E-state index is 0.333. The van der Waals surface area contributed by atoms with Gasteiger partial charge in [0, 0.05) is 18.1 Å². The molecule has 4 heteroatoms. The molecule has 2 rings (SSSR count). The first-order valence-electron chi connectivity index (χ1n) is 5.26. The molecular weight excluding hydrogens is 275 g/mol. The number of alkyl halides is 1. The van der Waals surface area contributed by atoms with Gasteiger partial charge in [-0.3, -0.25) is 0 Å². The van der Waals surface area contributed by atoms with Gasteiger partial charge in [0.25, 0.3) is 0 Å². The number of halogens is 2. The third-order valence-corrected chi connectivity index (χ3v) is 4.07. The third-order valence-electron chi connectivity index (χ3n) is 2.86. The van der Waals surface area contributed by atoms with Crippen molar-refractivity contribution in [2.24, 2.45) is 5.92 Å². The van der Waals surface area contributed by atoms with Crippen molar-refractivity contribution >= 4 is 33.3 Å². The maximum atomic E-state index is 6.21. The zero-order valence-electron chi connectivity index (χ0n) is 8.42. The molecule has 0 radical (unpaired) electrons. The molecule has 1 aliphatic carbocycles. The van der Waals surface area contributed by atoms with Gasteiger partial charge in [-0.05, 0) is 46.8 Å². The minimum atomic E-state index is 0.333. The smallest absolute Gasteiger partial charge is 0.140 e. The Labute approximate surface area is 104 Å². The molecule has 0 saturated heterocycles. The number of hydrogen-bond acceptors (Lipinski definition) is 2. The first-order valence-corrected chi connectivity index (χ1v) is 6.49. The molecule has 1 fully saturated rings. The van der Waals surface area contributed by atoms with E-state index in [1.807, 2.05) is 12.1 Å². The highest BCUT2D eigenvalue weighted by molar-refractivity contribution is 9.10. The van der Waals surface area contributed by atoms with E-state index < -0.39 is 0 Å². The second-order valence-corrected chi connectivity index (χ2v) is 5.34. The molecule has 0 aliphatic heterocycles. The van der Waals surface area contributed by atoms with Crippen LogP contribution in [0.15, 0.2) is 22.8 Å². The van der Waals surface area contributed by atoms with E-state index in [9.17, 15) is 0 Å². The summed E-state index contributed by atoms with van der Waals surface area (Å²) in [6, 6.07) is 3.90. The maximum Gasteiger partial charge on any atom is 0.140 e. The summed E-state index contributed by atoms with van der Waals surface area (Å²) in [6.07, 6.45) is 5.42. The van der Waals surface area contributed by atoms with Crippen LogP contribution in [-0.4, -0.2) is 16.9 Å². The lowest BCUT2D eigenvalue weighted by Crippen LogP contribution is -2.19. The van der Waals surface area contributed by atoms with Crippen LogP contribution < -0.4 is 5.32 Å². The van der Waals surface area contributed by atoms with Crippen molar-refractivity contribution in [3.05, 3.63) is 22.8 Å². The Kier molecular flexibility index (Phi) is 3.87. The van der Waals surface area contributed by atoms with Gasteiger partial charge in [0.15, 0.2) is 0 Å². The number of pyridine rings is 1. The Bertz CT molecular complexity index is 332. The first-order chi connectivity index (χ1) is 7.27. The predicted octanol–water partition coefficient (Wildman–Crippen LogP) is 3.66. The Morgan fingerprint density at radius 1 is 1.53 bits per heavy atom. The molecule has 2 unspecified atom stereocenters. The van der Waals surface area contributed by atoms with Crippen molar-refractivity contribution in [2.75, 3.05) is 11.9 Å². The van der Waals surface area contributed by atoms with E-state index >= 15 is 0 Å². The van der Waals surface area contributed by atoms with Crippen LogP contribution in [0.3, 0.4) is 0 Å². The van der Waals surface area contributed by atoms with Crippen LogP contribution in [0.25, 0.3) is 0 Å². The SMILES string of the molecule is ClC1CCCC1CNc1ncccc1Br. The molecule has 1 saturated carbocycles. The fraction of sp³-hybridized carbons (Fsp3) is 0.545. The summed E-state index contributed by atoms with van der Waals surface area (Å²) in [4.78, 5) is 4.26. The first kappa shape index (κ1) is 11.2. The number of anilines is 1. The average Bonchev–Trinajstić information content (AvgIpc) is 2.63. The quantitative estimate of drug-likeness (QED) is 0.859. The van der Waals surface area contributed by atoms with E-state index in [0.29, 0.717) is 11.3 Å². The third kappa shape index (κ3) is 2.85. The van der Waals surface area contributed by atoms with Crippen molar-refractivity contribution in [3.8, 4) is 0 Å². The molecule has 1 aromatic rings. The van der Waals surface area contributed by atoms with E-state index in [-0.39, 0.29) is 0 Å². The van der Waals surface area contributed by atoms with Gasteiger partial charge in [0.05, 0.1) is 4.47 Å². The molecule has 0 bridgehead atoms. The van der Waals surface area contributed by atoms with Crippen LogP contribution in [0.4, 0.5) is 5.82 Å². The normalized spacial score (nSPS) is 25.5. The highest BCUT2D eigenvalue weighted by Gasteiger charge is 2.24. The molecule has 1 N–H and O–H groups in total. The van der Waals surface area contributed by atoms with Gasteiger partial charge in [-0.15, -0.1) is 11.6 Å². The molecule has 15 heavy (non-hydrogen) atoms. The second kappa shape index (κ2) is 5.17. The van der Waals surface area contributed by atoms with Crippen molar-refractivity contribution in [3.63, 3.8) is 0 Å². The summed E-state index contributed by atoms with van der Waals surface area (Å²) in [5.74, 6) is 1.49. The van der Waals surface area contributed by atoms with Gasteiger partial charge < -0.3 is 5.32 Å². The predicted molar refractivity (Wildman–Crippen MR) is 67.4 cm³/mol. The molecule has 82 valence electrons. The van der Waals surface area contributed by atoms with Gasteiger partial charge in [-0.25, -0.2) is 4.98 Å². The fourth-order valence-corrected chi connectivity index (χ4v) is 2.73. The monoisotopic (exact) mass is 288 g/mol. The van der Waals surface area contributed by atoms with Crippen molar-refractivity contribution in [1.29, 1.82) is 0 Å². The lowest BCUT2D eigenvalue weighted by atomic mass is 10.1. The van der Waals surface area contributed by atoms with Crippen LogP contribution in [0.1, 0.15) is 19.3 Å². The maximum absolute atomic E-state index is 6.21. The fourth-order valence-electron chi connectivity index (χ4n) is 1.97. The summed E-state index contributed by atoms with van der Waals surface area (Å²) >= 11 is 9.68. The Morgan fingerprint density at radius 3 is 3.07 bits per heavy atom. The van der Waals surface area contributed by atoms with Crippen molar-refractivity contribution in [1.82, 2.24) is 4.98 Å². The van der Waals surface area contributed by atoms with Crippen LogP contribution in [0, 0.1) is 5.92 Å².